The summed E-state index contributed by atoms with van der Waals surface area (Å²) in [6.45, 7) is 14.7. The Bertz CT molecular complexity index is 550. The van der Waals surface area contributed by atoms with E-state index in [4.69, 9.17) is 18.9 Å². The van der Waals surface area contributed by atoms with E-state index >= 15 is 0 Å². The van der Waals surface area contributed by atoms with Crippen molar-refractivity contribution in [1.82, 2.24) is 0 Å². The lowest BCUT2D eigenvalue weighted by Gasteiger charge is -2.34. The van der Waals surface area contributed by atoms with Crippen molar-refractivity contribution < 1.29 is 28.5 Å². The van der Waals surface area contributed by atoms with Gasteiger partial charge in [0.1, 0.15) is 0 Å². The lowest BCUT2D eigenvalue weighted by atomic mass is 9.70. The van der Waals surface area contributed by atoms with Gasteiger partial charge in [0, 0.05) is 19.1 Å². The zero-order chi connectivity index (χ0) is 21.9. The van der Waals surface area contributed by atoms with Gasteiger partial charge in [-0.15, -0.1) is 6.58 Å². The van der Waals surface area contributed by atoms with Gasteiger partial charge in [0.2, 0.25) is 0 Å². The third kappa shape index (κ3) is 7.27. The molecule has 0 aromatic carbocycles. The highest BCUT2D eigenvalue weighted by Crippen LogP contribution is 2.45. The molecule has 0 bridgehead atoms. The molecule has 1 rings (SSSR count). The minimum absolute atomic E-state index is 0.206. The number of carbonyl (C=O) groups is 2. The second-order valence-corrected chi connectivity index (χ2v) is 7.57. The van der Waals surface area contributed by atoms with Crippen LogP contribution in [0.3, 0.4) is 0 Å². The molecule has 6 nitrogen and oxygen atoms in total. The lowest BCUT2D eigenvalue weighted by Crippen LogP contribution is -2.47. The third-order valence-electron chi connectivity index (χ3n) is 5.14. The highest BCUT2D eigenvalue weighted by molar-refractivity contribution is 6.01. The summed E-state index contributed by atoms with van der Waals surface area (Å²) in [5, 5.41) is 0. The molecule has 1 aliphatic rings. The standard InChI is InChI=1S/C23H38O6/c1-7-26-18(6)29-14-10-11-19-12-13-20(15-19)23(16-17(4)5,21(24)27-8-2)22(25)28-9-3/h12-13,18-20H,4,7-11,14-16H2,1-3,5-6H3. The number of rotatable bonds is 14. The average molecular weight is 411 g/mol. The Kier molecular flexibility index (Phi) is 11.2. The molecule has 0 heterocycles. The molecule has 0 aliphatic heterocycles. The van der Waals surface area contributed by atoms with Crippen molar-refractivity contribution in [2.45, 2.75) is 66.6 Å². The average Bonchev–Trinajstić information content (AvgIpc) is 3.12. The quantitative estimate of drug-likeness (QED) is 0.139. The van der Waals surface area contributed by atoms with E-state index in [2.05, 4.69) is 12.7 Å². The van der Waals surface area contributed by atoms with Crippen LogP contribution in [0.4, 0.5) is 0 Å². The van der Waals surface area contributed by atoms with Gasteiger partial charge in [-0.25, -0.2) is 0 Å². The van der Waals surface area contributed by atoms with Crippen LogP contribution in [0.5, 0.6) is 0 Å². The molecule has 166 valence electrons. The van der Waals surface area contributed by atoms with Crippen LogP contribution in [0.2, 0.25) is 0 Å². The Morgan fingerprint density at radius 2 is 1.69 bits per heavy atom. The highest BCUT2D eigenvalue weighted by Gasteiger charge is 2.55. The number of esters is 2. The van der Waals surface area contributed by atoms with Crippen LogP contribution in [-0.4, -0.2) is 44.7 Å². The van der Waals surface area contributed by atoms with E-state index in [1.807, 2.05) is 26.8 Å². The Morgan fingerprint density at radius 1 is 1.07 bits per heavy atom. The van der Waals surface area contributed by atoms with E-state index in [1.54, 1.807) is 13.8 Å². The topological polar surface area (TPSA) is 71.1 Å². The van der Waals surface area contributed by atoms with Crippen molar-refractivity contribution in [3.05, 3.63) is 24.3 Å². The lowest BCUT2D eigenvalue weighted by molar-refractivity contribution is -0.175. The molecule has 3 atom stereocenters. The maximum atomic E-state index is 13.0. The summed E-state index contributed by atoms with van der Waals surface area (Å²) in [6.07, 6.45) is 6.59. The zero-order valence-electron chi connectivity index (χ0n) is 18.7. The van der Waals surface area contributed by atoms with Gasteiger partial charge in [0.05, 0.1) is 13.2 Å². The summed E-state index contributed by atoms with van der Waals surface area (Å²) in [5.74, 6) is -1.04. The second-order valence-electron chi connectivity index (χ2n) is 7.57. The van der Waals surface area contributed by atoms with Gasteiger partial charge in [-0.2, -0.15) is 0 Å². The number of hydrogen-bond donors (Lipinski definition) is 0. The Balaban J connectivity index is 2.84. The summed E-state index contributed by atoms with van der Waals surface area (Å²) in [6, 6.07) is 0. The fourth-order valence-corrected chi connectivity index (χ4v) is 3.89. The van der Waals surface area contributed by atoms with Gasteiger partial charge in [-0.3, -0.25) is 9.59 Å². The fourth-order valence-electron chi connectivity index (χ4n) is 3.89. The first-order valence-corrected chi connectivity index (χ1v) is 10.7. The van der Waals surface area contributed by atoms with Crippen LogP contribution < -0.4 is 0 Å². The number of ether oxygens (including phenoxy) is 4. The van der Waals surface area contributed by atoms with Gasteiger partial charge in [0.15, 0.2) is 11.7 Å². The molecule has 1 aliphatic carbocycles. The molecule has 0 aromatic heterocycles. The predicted molar refractivity (Wildman–Crippen MR) is 112 cm³/mol. The van der Waals surface area contributed by atoms with E-state index in [0.717, 1.165) is 18.4 Å². The van der Waals surface area contributed by atoms with E-state index in [1.165, 1.54) is 0 Å². The summed E-state index contributed by atoms with van der Waals surface area (Å²) in [5.41, 5.74) is -0.621. The van der Waals surface area contributed by atoms with Gasteiger partial charge in [0.25, 0.3) is 0 Å². The van der Waals surface area contributed by atoms with Crippen molar-refractivity contribution in [2.75, 3.05) is 26.4 Å². The first kappa shape index (κ1) is 25.4. The fraction of sp³-hybridized carbons (Fsp3) is 0.739. The smallest absolute Gasteiger partial charge is 0.324 e. The van der Waals surface area contributed by atoms with Crippen molar-refractivity contribution in [2.24, 2.45) is 17.3 Å². The monoisotopic (exact) mass is 410 g/mol. The summed E-state index contributed by atoms with van der Waals surface area (Å²) in [4.78, 5) is 26.0. The first-order valence-electron chi connectivity index (χ1n) is 10.7. The minimum Gasteiger partial charge on any atom is -0.465 e. The maximum Gasteiger partial charge on any atom is 0.324 e. The minimum atomic E-state index is -1.37. The van der Waals surface area contributed by atoms with Crippen LogP contribution in [-0.2, 0) is 28.5 Å². The van der Waals surface area contributed by atoms with Gasteiger partial charge in [-0.05, 0) is 66.2 Å². The SMILES string of the molecule is C=C(C)CC(C(=O)OCC)(C(=O)OCC)C1C=CC(CCCOC(C)OCC)C1. The molecule has 0 N–H and O–H groups in total. The number of allylic oxidation sites excluding steroid dienone is 3. The summed E-state index contributed by atoms with van der Waals surface area (Å²) >= 11 is 0. The van der Waals surface area contributed by atoms with Gasteiger partial charge < -0.3 is 18.9 Å². The first-order chi connectivity index (χ1) is 13.8. The largest absolute Gasteiger partial charge is 0.465 e. The Hall–Kier alpha value is -1.66. The Labute approximate surface area is 175 Å². The molecule has 6 heteroatoms. The maximum absolute atomic E-state index is 13.0. The van der Waals surface area contributed by atoms with Crippen LogP contribution in [0, 0.1) is 17.3 Å². The molecule has 0 spiro atoms. The molecule has 0 saturated carbocycles. The van der Waals surface area contributed by atoms with Crippen LogP contribution in [0.1, 0.15) is 60.3 Å². The van der Waals surface area contributed by atoms with Gasteiger partial charge >= 0.3 is 11.9 Å². The second kappa shape index (κ2) is 12.8. The van der Waals surface area contributed by atoms with E-state index in [-0.39, 0.29) is 37.8 Å². The molecular weight excluding hydrogens is 372 g/mol. The summed E-state index contributed by atoms with van der Waals surface area (Å²) < 4.78 is 21.6. The van der Waals surface area contributed by atoms with Crippen molar-refractivity contribution >= 4 is 11.9 Å². The van der Waals surface area contributed by atoms with E-state index in [0.29, 0.717) is 19.6 Å². The normalized spacial score (nSPS) is 19.8. The highest BCUT2D eigenvalue weighted by atomic mass is 16.7. The van der Waals surface area contributed by atoms with Crippen LogP contribution in [0.15, 0.2) is 24.3 Å². The van der Waals surface area contributed by atoms with Crippen molar-refractivity contribution in [3.8, 4) is 0 Å². The number of hydrogen-bond acceptors (Lipinski definition) is 6. The van der Waals surface area contributed by atoms with E-state index < -0.39 is 17.4 Å². The molecule has 0 fully saturated rings. The zero-order valence-corrected chi connectivity index (χ0v) is 18.7. The summed E-state index contributed by atoms with van der Waals surface area (Å²) in [7, 11) is 0. The van der Waals surface area contributed by atoms with E-state index in [9.17, 15) is 9.59 Å². The van der Waals surface area contributed by atoms with Crippen LogP contribution >= 0.6 is 0 Å². The molecule has 3 unspecified atom stereocenters. The predicted octanol–water partition coefficient (Wildman–Crippen LogP) is 4.44. The van der Waals surface area contributed by atoms with Crippen LogP contribution in [0.25, 0.3) is 0 Å². The van der Waals surface area contributed by atoms with Crippen molar-refractivity contribution in [1.29, 1.82) is 0 Å². The molecular formula is C23H38O6. The molecule has 0 aromatic rings. The molecule has 0 radical (unpaired) electrons. The molecule has 29 heavy (non-hydrogen) atoms. The molecule has 0 amide bonds. The number of carbonyl (C=O) groups excluding carboxylic acids is 2. The Morgan fingerprint density at radius 3 is 2.21 bits per heavy atom. The van der Waals surface area contributed by atoms with Gasteiger partial charge in [-0.1, -0.05) is 17.7 Å². The molecule has 0 saturated heterocycles. The van der Waals surface area contributed by atoms with Crippen molar-refractivity contribution in [3.63, 3.8) is 0 Å². The third-order valence-corrected chi connectivity index (χ3v) is 5.14.